The average Bonchev–Trinajstić information content (AvgIpc) is 3.43. The van der Waals surface area contributed by atoms with Gasteiger partial charge < -0.3 is 25.2 Å². The predicted octanol–water partition coefficient (Wildman–Crippen LogP) is 3.84. The molecule has 2 aromatic carbocycles. The fourth-order valence-corrected chi connectivity index (χ4v) is 8.54. The Kier molecular flexibility index (Phi) is 9.99. The molecule has 1 heterocycles. The van der Waals surface area contributed by atoms with Gasteiger partial charge >= 0.3 is 5.97 Å². The number of carboxylic acids is 1. The molecule has 47 heavy (non-hydrogen) atoms. The zero-order valence-corrected chi connectivity index (χ0v) is 29.2. The maximum Gasteiger partial charge on any atom is 0.335 e. The first-order valence-electron chi connectivity index (χ1n) is 16.3. The van der Waals surface area contributed by atoms with E-state index in [-0.39, 0.29) is 43.0 Å². The lowest BCUT2D eigenvalue weighted by atomic mass is 9.45. The van der Waals surface area contributed by atoms with Crippen molar-refractivity contribution in [1.82, 2.24) is 10.4 Å². The zero-order valence-electron chi connectivity index (χ0n) is 28.4. The first-order valence-corrected chi connectivity index (χ1v) is 18.4. The number of benzene rings is 2. The SMILES string of the molecule is COc1c(CN2OCC([C@H](C)O)[C@H]2C(=O)N[C@H]2C[C@H]3C[C@@H]([C@@H]2C)C3(C)C)cccc1-c1cc(C(=O)O)cc(N(C)CCS(C)(=O)=O)c1. The molecule has 7 atom stereocenters. The van der Waals surface area contributed by atoms with Gasteiger partial charge in [0.1, 0.15) is 21.6 Å². The highest BCUT2D eigenvalue weighted by molar-refractivity contribution is 7.90. The molecule has 3 saturated carbocycles. The van der Waals surface area contributed by atoms with Crippen molar-refractivity contribution in [2.75, 3.05) is 44.2 Å². The molecule has 11 nitrogen and oxygen atoms in total. The monoisotopic (exact) mass is 671 g/mol. The molecular weight excluding hydrogens is 622 g/mol. The number of aliphatic hydroxyl groups is 1. The number of hydrogen-bond acceptors (Lipinski definition) is 9. The number of methoxy groups -OCH3 is 1. The van der Waals surface area contributed by atoms with Crippen molar-refractivity contribution in [3.63, 3.8) is 0 Å². The largest absolute Gasteiger partial charge is 0.496 e. The third kappa shape index (κ3) is 7.16. The second-order valence-electron chi connectivity index (χ2n) is 14.4. The quantitative estimate of drug-likeness (QED) is 0.304. The van der Waals surface area contributed by atoms with Crippen molar-refractivity contribution >= 4 is 27.4 Å². The van der Waals surface area contributed by atoms with Crippen LogP contribution in [0.3, 0.4) is 0 Å². The highest BCUT2D eigenvalue weighted by Gasteiger charge is 2.57. The second-order valence-corrected chi connectivity index (χ2v) is 16.7. The number of ether oxygens (including phenoxy) is 1. The number of rotatable bonds is 12. The molecule has 3 aliphatic carbocycles. The van der Waals surface area contributed by atoms with Crippen LogP contribution >= 0.6 is 0 Å². The van der Waals surface area contributed by atoms with Crippen molar-refractivity contribution in [3.8, 4) is 16.9 Å². The summed E-state index contributed by atoms with van der Waals surface area (Å²) in [4.78, 5) is 33.8. The number of anilines is 1. The topological polar surface area (TPSA) is 146 Å². The minimum atomic E-state index is -3.22. The smallest absolute Gasteiger partial charge is 0.335 e. The fraction of sp³-hybridized carbons (Fsp3) is 0.600. The number of nitrogens with one attached hydrogen (secondary N) is 1. The Morgan fingerprint density at radius 3 is 2.53 bits per heavy atom. The molecule has 6 rings (SSSR count). The molecule has 3 N–H and O–H groups in total. The minimum Gasteiger partial charge on any atom is -0.496 e. The van der Waals surface area contributed by atoms with E-state index in [0.29, 0.717) is 45.7 Å². The van der Waals surface area contributed by atoms with E-state index in [1.54, 1.807) is 36.1 Å². The number of amides is 1. The summed E-state index contributed by atoms with van der Waals surface area (Å²) in [6.07, 6.45) is 2.55. The molecule has 0 aromatic heterocycles. The second kappa shape index (κ2) is 13.4. The molecule has 4 fully saturated rings. The number of aromatic carboxylic acids is 1. The van der Waals surface area contributed by atoms with Crippen LogP contribution in [-0.4, -0.2) is 93.1 Å². The summed E-state index contributed by atoms with van der Waals surface area (Å²) >= 11 is 0. The third-order valence-corrected chi connectivity index (χ3v) is 12.0. The maximum absolute atomic E-state index is 13.9. The molecule has 2 bridgehead atoms. The van der Waals surface area contributed by atoms with Crippen molar-refractivity contribution in [3.05, 3.63) is 47.5 Å². The van der Waals surface area contributed by atoms with Gasteiger partial charge in [0.15, 0.2) is 0 Å². The van der Waals surface area contributed by atoms with Crippen LogP contribution in [0.5, 0.6) is 5.75 Å². The van der Waals surface area contributed by atoms with Crippen molar-refractivity contribution in [2.24, 2.45) is 29.1 Å². The molecule has 4 aliphatic rings. The van der Waals surface area contributed by atoms with Crippen LogP contribution < -0.4 is 15.0 Å². The number of aliphatic hydroxyl groups excluding tert-OH is 1. The lowest BCUT2D eigenvalue weighted by Gasteiger charge is -2.62. The van der Waals surface area contributed by atoms with Gasteiger partial charge in [-0.1, -0.05) is 39.0 Å². The molecule has 12 heteroatoms. The van der Waals surface area contributed by atoms with Crippen molar-refractivity contribution < 1.29 is 37.8 Å². The van der Waals surface area contributed by atoms with E-state index in [4.69, 9.17) is 9.57 Å². The number of hydrogen-bond donors (Lipinski definition) is 3. The summed E-state index contributed by atoms with van der Waals surface area (Å²) in [7, 11) is 0.0342. The van der Waals surface area contributed by atoms with E-state index in [0.717, 1.165) is 18.2 Å². The standard InChI is InChI=1S/C35H49N3O8S/c1-20-29-16-25(35(29,3)4)17-30(20)36-33(40)31-28(21(2)39)19-46-38(31)18-22-9-8-10-27(32(22)45-6)23-13-24(34(41)42)15-26(14-23)37(5)11-12-47(7,43)44/h8-10,13-15,20-21,25,28-31,39H,11-12,16-19H2,1-7H3,(H,36,40)(H,41,42)/t20-,21-,25+,28?,29-,30-,31-/m0/s1. The van der Waals surface area contributed by atoms with Gasteiger partial charge in [-0.2, -0.15) is 5.06 Å². The Labute approximate surface area is 278 Å². The Balaban J connectivity index is 1.42. The summed E-state index contributed by atoms with van der Waals surface area (Å²) in [6.45, 7) is 9.14. The number of fused-ring (bicyclic) bond motifs is 2. The number of sulfone groups is 1. The van der Waals surface area contributed by atoms with Crippen molar-refractivity contribution in [1.29, 1.82) is 0 Å². The van der Waals surface area contributed by atoms with Gasteiger partial charge in [-0.25, -0.2) is 13.2 Å². The van der Waals surface area contributed by atoms with Gasteiger partial charge in [0.25, 0.3) is 0 Å². The highest BCUT2D eigenvalue weighted by atomic mass is 32.2. The number of hydroxylamine groups is 2. The molecule has 1 aliphatic heterocycles. The van der Waals surface area contributed by atoms with E-state index in [1.165, 1.54) is 19.6 Å². The predicted molar refractivity (Wildman–Crippen MR) is 180 cm³/mol. The molecule has 1 amide bonds. The van der Waals surface area contributed by atoms with E-state index in [2.05, 4.69) is 26.1 Å². The molecule has 0 spiro atoms. The highest BCUT2D eigenvalue weighted by Crippen LogP contribution is 2.61. The van der Waals surface area contributed by atoms with Gasteiger partial charge in [-0.15, -0.1) is 0 Å². The normalized spacial score (nSPS) is 27.5. The fourth-order valence-electron chi connectivity index (χ4n) is 7.94. The number of carboxylic acid groups (broad SMARTS) is 1. The number of carbonyl (C=O) groups is 2. The Hall–Kier alpha value is -3.19. The molecule has 258 valence electrons. The minimum absolute atomic E-state index is 0.0495. The number of nitrogens with zero attached hydrogens (tertiary/aromatic N) is 2. The van der Waals surface area contributed by atoms with Crippen LogP contribution in [0.15, 0.2) is 36.4 Å². The Morgan fingerprint density at radius 1 is 1.21 bits per heavy atom. The lowest BCUT2D eigenvalue weighted by Crippen LogP contribution is -2.62. The van der Waals surface area contributed by atoms with Gasteiger partial charge in [-0.05, 0) is 66.7 Å². The van der Waals surface area contributed by atoms with Crippen LogP contribution in [-0.2, 0) is 26.0 Å². The maximum atomic E-state index is 13.9. The molecular formula is C35H49N3O8S. The van der Waals surface area contributed by atoms with Crippen LogP contribution in [0, 0.1) is 29.1 Å². The van der Waals surface area contributed by atoms with Gasteiger partial charge in [-0.3, -0.25) is 9.63 Å². The molecule has 0 radical (unpaired) electrons. The first-order chi connectivity index (χ1) is 22.0. The zero-order chi connectivity index (χ0) is 34.4. The van der Waals surface area contributed by atoms with Crippen LogP contribution in [0.4, 0.5) is 5.69 Å². The van der Waals surface area contributed by atoms with Crippen LogP contribution in [0.2, 0.25) is 0 Å². The van der Waals surface area contributed by atoms with E-state index in [1.807, 2.05) is 18.2 Å². The van der Waals surface area contributed by atoms with E-state index >= 15 is 0 Å². The van der Waals surface area contributed by atoms with Crippen LogP contribution in [0.25, 0.3) is 11.1 Å². The Morgan fingerprint density at radius 2 is 1.94 bits per heavy atom. The van der Waals surface area contributed by atoms with Gasteiger partial charge in [0.05, 0.1) is 37.7 Å². The van der Waals surface area contributed by atoms with E-state index < -0.39 is 33.9 Å². The van der Waals surface area contributed by atoms with Crippen LogP contribution in [0.1, 0.15) is 56.5 Å². The lowest BCUT2D eigenvalue weighted by molar-refractivity contribution is -0.161. The summed E-state index contributed by atoms with van der Waals surface area (Å²) in [6, 6.07) is 9.76. The summed E-state index contributed by atoms with van der Waals surface area (Å²) in [5.74, 6) is 0.231. The van der Waals surface area contributed by atoms with Gasteiger partial charge in [0, 0.05) is 48.6 Å². The number of para-hydroxylation sites is 1. The van der Waals surface area contributed by atoms with E-state index in [9.17, 15) is 28.2 Å². The first kappa shape index (κ1) is 35.1. The molecule has 1 saturated heterocycles. The average molecular weight is 672 g/mol. The Bertz CT molecular complexity index is 1610. The molecule has 1 unspecified atom stereocenters. The summed E-state index contributed by atoms with van der Waals surface area (Å²) in [5, 5.41) is 25.5. The van der Waals surface area contributed by atoms with Gasteiger partial charge in [0.2, 0.25) is 5.91 Å². The van der Waals surface area contributed by atoms with Crippen molar-refractivity contribution in [2.45, 2.75) is 65.3 Å². The summed E-state index contributed by atoms with van der Waals surface area (Å²) < 4.78 is 29.5. The number of carbonyl (C=O) groups excluding carboxylic acids is 1. The molecule has 2 aromatic rings. The summed E-state index contributed by atoms with van der Waals surface area (Å²) in [5.41, 5.74) is 2.83. The third-order valence-electron chi connectivity index (χ3n) is 11.1.